The monoisotopic (exact) mass is 212 g/mol. The molecule has 3 atom stereocenters. The molecule has 1 aliphatic carbocycles. The Labute approximate surface area is 90.8 Å². The lowest BCUT2D eigenvalue weighted by Crippen LogP contribution is -2.48. The van der Waals surface area contributed by atoms with E-state index >= 15 is 0 Å². The van der Waals surface area contributed by atoms with Gasteiger partial charge >= 0.3 is 6.09 Å². The van der Waals surface area contributed by atoms with Gasteiger partial charge in [0.1, 0.15) is 5.60 Å². The van der Waals surface area contributed by atoms with Crippen molar-refractivity contribution in [3.8, 4) is 0 Å². The van der Waals surface area contributed by atoms with Gasteiger partial charge in [0.15, 0.2) is 0 Å². The molecule has 0 bridgehead atoms. The predicted octanol–water partition coefficient (Wildman–Crippen LogP) is 1.20. The molecule has 15 heavy (non-hydrogen) atoms. The summed E-state index contributed by atoms with van der Waals surface area (Å²) in [6.45, 7) is 7.13. The molecule has 1 saturated carbocycles. The summed E-state index contributed by atoms with van der Waals surface area (Å²) in [5.41, 5.74) is 5.55. The van der Waals surface area contributed by atoms with E-state index in [1.165, 1.54) is 6.42 Å². The zero-order valence-corrected chi connectivity index (χ0v) is 9.69. The van der Waals surface area contributed by atoms with Crippen molar-refractivity contribution in [1.29, 1.82) is 0 Å². The van der Waals surface area contributed by atoms with Gasteiger partial charge in [-0.15, -0.1) is 0 Å². The van der Waals surface area contributed by atoms with E-state index in [1.54, 1.807) is 4.90 Å². The third kappa shape index (κ3) is 2.43. The van der Waals surface area contributed by atoms with E-state index in [0.29, 0.717) is 18.4 Å². The van der Waals surface area contributed by atoms with Crippen LogP contribution in [-0.4, -0.2) is 35.7 Å². The summed E-state index contributed by atoms with van der Waals surface area (Å²) in [5, 5.41) is 0. The number of likely N-dealkylation sites (tertiary alicyclic amines) is 1. The SMILES string of the molecule is CC(C)(C)OC(=O)N1CC2C[C@@H]2[C@@H](N)C1. The number of carbonyl (C=O) groups is 1. The number of amides is 1. The number of rotatable bonds is 0. The first-order valence-electron chi connectivity index (χ1n) is 5.60. The van der Waals surface area contributed by atoms with Gasteiger partial charge in [-0.3, -0.25) is 0 Å². The van der Waals surface area contributed by atoms with Gasteiger partial charge in [0.25, 0.3) is 0 Å². The first-order valence-corrected chi connectivity index (χ1v) is 5.60. The number of hydrogen-bond acceptors (Lipinski definition) is 3. The fourth-order valence-corrected chi connectivity index (χ4v) is 2.23. The first kappa shape index (κ1) is 10.7. The van der Waals surface area contributed by atoms with Crippen molar-refractivity contribution in [2.45, 2.75) is 38.8 Å². The van der Waals surface area contributed by atoms with Crippen LogP contribution in [0.25, 0.3) is 0 Å². The third-order valence-corrected chi connectivity index (χ3v) is 3.07. The molecule has 1 amide bonds. The topological polar surface area (TPSA) is 55.6 Å². The molecular formula is C11H20N2O2. The first-order chi connectivity index (χ1) is 6.87. The van der Waals surface area contributed by atoms with E-state index in [-0.39, 0.29) is 12.1 Å². The Bertz CT molecular complexity index is 272. The van der Waals surface area contributed by atoms with E-state index in [0.717, 1.165) is 6.54 Å². The fourth-order valence-electron chi connectivity index (χ4n) is 2.23. The quantitative estimate of drug-likeness (QED) is 0.656. The van der Waals surface area contributed by atoms with Crippen LogP contribution in [-0.2, 0) is 4.74 Å². The molecule has 4 heteroatoms. The van der Waals surface area contributed by atoms with Crippen LogP contribution in [0.1, 0.15) is 27.2 Å². The predicted molar refractivity (Wildman–Crippen MR) is 57.4 cm³/mol. The van der Waals surface area contributed by atoms with Crippen LogP contribution in [0.5, 0.6) is 0 Å². The standard InChI is InChI=1S/C11H20N2O2/c1-11(2,3)15-10(14)13-5-7-4-8(7)9(12)6-13/h7-9H,4-6,12H2,1-3H3/t7?,8-,9-/m0/s1. The average molecular weight is 212 g/mol. The highest BCUT2D eigenvalue weighted by Crippen LogP contribution is 2.44. The van der Waals surface area contributed by atoms with Crippen LogP contribution >= 0.6 is 0 Å². The molecular weight excluding hydrogens is 192 g/mol. The molecule has 1 saturated heterocycles. The summed E-state index contributed by atoms with van der Waals surface area (Å²) in [5.74, 6) is 1.28. The molecule has 4 nitrogen and oxygen atoms in total. The number of ether oxygens (including phenoxy) is 1. The Kier molecular flexibility index (Phi) is 2.41. The second-order valence-corrected chi connectivity index (χ2v) is 5.71. The smallest absolute Gasteiger partial charge is 0.410 e. The molecule has 2 rings (SSSR count). The van der Waals surface area contributed by atoms with Crippen molar-refractivity contribution < 1.29 is 9.53 Å². The van der Waals surface area contributed by atoms with Crippen LogP contribution in [0.15, 0.2) is 0 Å². The van der Waals surface area contributed by atoms with Crippen molar-refractivity contribution in [3.05, 3.63) is 0 Å². The summed E-state index contributed by atoms with van der Waals surface area (Å²) in [7, 11) is 0. The van der Waals surface area contributed by atoms with Gasteiger partial charge in [0.05, 0.1) is 0 Å². The van der Waals surface area contributed by atoms with E-state index in [2.05, 4.69) is 0 Å². The summed E-state index contributed by atoms with van der Waals surface area (Å²) in [6.07, 6.45) is 0.962. The molecule has 0 aromatic carbocycles. The Morgan fingerprint density at radius 2 is 2.07 bits per heavy atom. The minimum atomic E-state index is -0.415. The molecule has 86 valence electrons. The Hall–Kier alpha value is -0.770. The van der Waals surface area contributed by atoms with Crippen LogP contribution < -0.4 is 5.73 Å². The van der Waals surface area contributed by atoms with Gasteiger partial charge in [0.2, 0.25) is 0 Å². The minimum absolute atomic E-state index is 0.149. The number of carbonyl (C=O) groups excluding carboxylic acids is 1. The van der Waals surface area contributed by atoms with Crippen LogP contribution in [0, 0.1) is 11.8 Å². The average Bonchev–Trinajstić information content (AvgIpc) is 2.79. The van der Waals surface area contributed by atoms with Crippen LogP contribution in [0.2, 0.25) is 0 Å². The number of nitrogens with zero attached hydrogens (tertiary/aromatic N) is 1. The molecule has 2 N–H and O–H groups in total. The number of fused-ring (bicyclic) bond motifs is 1. The Balaban J connectivity index is 1.90. The van der Waals surface area contributed by atoms with Crippen LogP contribution in [0.4, 0.5) is 4.79 Å². The molecule has 1 aliphatic heterocycles. The molecule has 1 unspecified atom stereocenters. The largest absolute Gasteiger partial charge is 0.444 e. The van der Waals surface area contributed by atoms with E-state index in [9.17, 15) is 4.79 Å². The van der Waals surface area contributed by atoms with Crippen molar-refractivity contribution in [2.75, 3.05) is 13.1 Å². The lowest BCUT2D eigenvalue weighted by atomic mass is 10.1. The molecule has 0 spiro atoms. The zero-order chi connectivity index (χ0) is 11.2. The van der Waals surface area contributed by atoms with E-state index in [1.807, 2.05) is 20.8 Å². The van der Waals surface area contributed by atoms with E-state index in [4.69, 9.17) is 10.5 Å². The number of piperidine rings is 1. The lowest BCUT2D eigenvalue weighted by molar-refractivity contribution is 0.0191. The van der Waals surface area contributed by atoms with Crippen LogP contribution in [0.3, 0.4) is 0 Å². The summed E-state index contributed by atoms with van der Waals surface area (Å²) in [4.78, 5) is 13.5. The van der Waals surface area contributed by atoms with Gasteiger partial charge in [-0.2, -0.15) is 0 Å². The summed E-state index contributed by atoms with van der Waals surface area (Å²) < 4.78 is 5.32. The van der Waals surface area contributed by atoms with Crippen molar-refractivity contribution in [2.24, 2.45) is 17.6 Å². The van der Waals surface area contributed by atoms with Crippen molar-refractivity contribution in [3.63, 3.8) is 0 Å². The highest BCUT2D eigenvalue weighted by molar-refractivity contribution is 5.68. The van der Waals surface area contributed by atoms with Crippen molar-refractivity contribution >= 4 is 6.09 Å². The van der Waals surface area contributed by atoms with Gasteiger partial charge in [0, 0.05) is 19.1 Å². The second-order valence-electron chi connectivity index (χ2n) is 5.71. The van der Waals surface area contributed by atoms with Crippen molar-refractivity contribution in [1.82, 2.24) is 4.90 Å². The maximum Gasteiger partial charge on any atom is 0.410 e. The number of nitrogens with two attached hydrogens (primary N) is 1. The Morgan fingerprint density at radius 1 is 1.40 bits per heavy atom. The normalized spacial score (nSPS) is 34.7. The molecule has 0 aromatic rings. The lowest BCUT2D eigenvalue weighted by Gasteiger charge is -2.32. The molecule has 2 fully saturated rings. The third-order valence-electron chi connectivity index (χ3n) is 3.07. The highest BCUT2D eigenvalue weighted by atomic mass is 16.6. The molecule has 0 radical (unpaired) electrons. The molecule has 2 aliphatic rings. The van der Waals surface area contributed by atoms with Gasteiger partial charge in [-0.05, 0) is 39.0 Å². The fraction of sp³-hybridized carbons (Fsp3) is 0.909. The summed E-state index contributed by atoms with van der Waals surface area (Å²) in [6, 6.07) is 0.149. The summed E-state index contributed by atoms with van der Waals surface area (Å²) >= 11 is 0. The molecule has 0 aromatic heterocycles. The maximum atomic E-state index is 11.8. The van der Waals surface area contributed by atoms with Gasteiger partial charge in [-0.25, -0.2) is 4.79 Å². The minimum Gasteiger partial charge on any atom is -0.444 e. The second kappa shape index (κ2) is 3.37. The zero-order valence-electron chi connectivity index (χ0n) is 9.69. The van der Waals surface area contributed by atoms with E-state index < -0.39 is 5.60 Å². The number of hydrogen-bond donors (Lipinski definition) is 1. The van der Waals surface area contributed by atoms with Gasteiger partial charge in [-0.1, -0.05) is 0 Å². The molecule has 1 heterocycles. The van der Waals surface area contributed by atoms with Gasteiger partial charge < -0.3 is 15.4 Å². The maximum absolute atomic E-state index is 11.8. The Morgan fingerprint density at radius 3 is 2.60 bits per heavy atom. The highest BCUT2D eigenvalue weighted by Gasteiger charge is 2.48.